The molecule has 0 aliphatic carbocycles. The van der Waals surface area contributed by atoms with Gasteiger partial charge in [-0.1, -0.05) is 18.2 Å². The number of carbonyl (C=O) groups is 1. The fourth-order valence-corrected chi connectivity index (χ4v) is 2.31. The molecule has 0 radical (unpaired) electrons. The van der Waals surface area contributed by atoms with Crippen molar-refractivity contribution in [3.8, 4) is 0 Å². The van der Waals surface area contributed by atoms with E-state index in [9.17, 15) is 4.79 Å². The van der Waals surface area contributed by atoms with Crippen molar-refractivity contribution in [2.24, 2.45) is 0 Å². The summed E-state index contributed by atoms with van der Waals surface area (Å²) in [4.78, 5) is 12.2. The van der Waals surface area contributed by atoms with Crippen molar-refractivity contribution in [1.82, 2.24) is 0 Å². The summed E-state index contributed by atoms with van der Waals surface area (Å²) in [5, 5.41) is 6.11. The molecular weight excluding hydrogens is 332 g/mol. The largest absolute Gasteiger partial charge is 0.383 e. The number of hydrogen-bond donors (Lipinski definition) is 2. The Hall–Kier alpha value is -1.85. The van der Waals surface area contributed by atoms with Crippen molar-refractivity contribution < 1.29 is 9.53 Å². The van der Waals surface area contributed by atoms with E-state index in [4.69, 9.17) is 4.74 Å². The zero-order valence-electron chi connectivity index (χ0n) is 11.7. The van der Waals surface area contributed by atoms with Crippen molar-refractivity contribution in [3.63, 3.8) is 0 Å². The summed E-state index contributed by atoms with van der Waals surface area (Å²) in [7, 11) is 1.66. The van der Waals surface area contributed by atoms with Crippen molar-refractivity contribution in [1.29, 1.82) is 0 Å². The molecule has 21 heavy (non-hydrogen) atoms. The van der Waals surface area contributed by atoms with E-state index in [1.54, 1.807) is 13.2 Å². The van der Waals surface area contributed by atoms with Gasteiger partial charge in [-0.15, -0.1) is 0 Å². The molecule has 2 aromatic rings. The molecule has 0 bridgehead atoms. The molecule has 0 aliphatic rings. The minimum atomic E-state index is -0.142. The number of hydrogen-bond acceptors (Lipinski definition) is 3. The van der Waals surface area contributed by atoms with Gasteiger partial charge in [0.25, 0.3) is 5.91 Å². The second kappa shape index (κ2) is 7.81. The second-order valence-electron chi connectivity index (χ2n) is 4.43. The molecule has 0 saturated heterocycles. The molecule has 0 heterocycles. The lowest BCUT2D eigenvalue weighted by atomic mass is 10.2. The van der Waals surface area contributed by atoms with Crippen molar-refractivity contribution in [2.45, 2.75) is 0 Å². The molecule has 0 atom stereocenters. The third-order valence-corrected chi connectivity index (χ3v) is 3.57. The maximum atomic E-state index is 12.2. The van der Waals surface area contributed by atoms with Crippen LogP contribution in [0.5, 0.6) is 0 Å². The van der Waals surface area contributed by atoms with Crippen LogP contribution in [0.4, 0.5) is 11.4 Å². The SMILES string of the molecule is COCCNc1cccc(NC(=O)c2ccccc2Br)c1. The molecular formula is C16H17BrN2O2. The predicted molar refractivity (Wildman–Crippen MR) is 88.9 cm³/mol. The molecule has 110 valence electrons. The van der Waals surface area contributed by atoms with Crippen LogP contribution in [0.15, 0.2) is 53.0 Å². The van der Waals surface area contributed by atoms with Gasteiger partial charge in [-0.25, -0.2) is 0 Å². The summed E-state index contributed by atoms with van der Waals surface area (Å²) in [6.07, 6.45) is 0. The quantitative estimate of drug-likeness (QED) is 0.781. The first-order chi connectivity index (χ1) is 10.2. The van der Waals surface area contributed by atoms with Crippen LogP contribution >= 0.6 is 15.9 Å². The van der Waals surface area contributed by atoms with E-state index in [2.05, 4.69) is 26.6 Å². The number of methoxy groups -OCH3 is 1. The molecule has 4 nitrogen and oxygen atoms in total. The van der Waals surface area contributed by atoms with Gasteiger partial charge in [-0.05, 0) is 46.3 Å². The number of benzene rings is 2. The highest BCUT2D eigenvalue weighted by molar-refractivity contribution is 9.10. The number of halogens is 1. The Kier molecular flexibility index (Phi) is 5.78. The molecule has 0 saturated carbocycles. The summed E-state index contributed by atoms with van der Waals surface area (Å²) in [5.74, 6) is -0.142. The molecule has 5 heteroatoms. The minimum Gasteiger partial charge on any atom is -0.383 e. The van der Waals surface area contributed by atoms with Crippen molar-refractivity contribution >= 4 is 33.2 Å². The zero-order chi connectivity index (χ0) is 15.1. The maximum Gasteiger partial charge on any atom is 0.256 e. The average molecular weight is 349 g/mol. The Morgan fingerprint density at radius 2 is 1.90 bits per heavy atom. The molecule has 2 rings (SSSR count). The third-order valence-electron chi connectivity index (χ3n) is 2.87. The number of nitrogens with one attached hydrogen (secondary N) is 2. The van der Waals surface area contributed by atoms with Gasteiger partial charge < -0.3 is 15.4 Å². The number of amides is 1. The van der Waals surface area contributed by atoms with Gasteiger partial charge in [-0.2, -0.15) is 0 Å². The monoisotopic (exact) mass is 348 g/mol. The highest BCUT2D eigenvalue weighted by Crippen LogP contribution is 2.19. The van der Waals surface area contributed by atoms with E-state index in [-0.39, 0.29) is 5.91 Å². The first kappa shape index (κ1) is 15.5. The minimum absolute atomic E-state index is 0.142. The summed E-state index contributed by atoms with van der Waals surface area (Å²) in [5.41, 5.74) is 2.30. The lowest BCUT2D eigenvalue weighted by Crippen LogP contribution is -2.13. The van der Waals surface area contributed by atoms with Crippen LogP contribution in [0.3, 0.4) is 0 Å². The van der Waals surface area contributed by atoms with Crippen LogP contribution in [-0.4, -0.2) is 26.2 Å². The zero-order valence-corrected chi connectivity index (χ0v) is 13.3. The number of rotatable bonds is 6. The number of carbonyl (C=O) groups excluding carboxylic acids is 1. The van der Waals surface area contributed by atoms with Gasteiger partial charge in [-0.3, -0.25) is 4.79 Å². The average Bonchev–Trinajstić information content (AvgIpc) is 2.48. The predicted octanol–water partition coefficient (Wildman–Crippen LogP) is 3.76. The Bertz CT molecular complexity index is 617. The molecule has 1 amide bonds. The van der Waals surface area contributed by atoms with Crippen LogP contribution in [0.25, 0.3) is 0 Å². The highest BCUT2D eigenvalue weighted by atomic mass is 79.9. The van der Waals surface area contributed by atoms with Crippen LogP contribution in [0, 0.1) is 0 Å². The van der Waals surface area contributed by atoms with E-state index < -0.39 is 0 Å². The molecule has 2 N–H and O–H groups in total. The molecule has 0 spiro atoms. The van der Waals surface area contributed by atoms with Crippen LogP contribution in [0.1, 0.15) is 10.4 Å². The molecule has 0 unspecified atom stereocenters. The smallest absolute Gasteiger partial charge is 0.256 e. The van der Waals surface area contributed by atoms with E-state index in [1.807, 2.05) is 42.5 Å². The lowest BCUT2D eigenvalue weighted by Gasteiger charge is -2.10. The maximum absolute atomic E-state index is 12.2. The number of anilines is 2. The normalized spacial score (nSPS) is 10.2. The van der Waals surface area contributed by atoms with E-state index in [1.165, 1.54) is 0 Å². The number of ether oxygens (including phenoxy) is 1. The molecule has 0 fully saturated rings. The van der Waals surface area contributed by atoms with Gasteiger partial charge in [0.15, 0.2) is 0 Å². The van der Waals surface area contributed by atoms with E-state index in [0.29, 0.717) is 12.2 Å². The summed E-state index contributed by atoms with van der Waals surface area (Å²) in [6, 6.07) is 14.9. The van der Waals surface area contributed by atoms with E-state index in [0.717, 1.165) is 22.4 Å². The first-order valence-electron chi connectivity index (χ1n) is 6.59. The van der Waals surface area contributed by atoms with Gasteiger partial charge >= 0.3 is 0 Å². The fraction of sp³-hybridized carbons (Fsp3) is 0.188. The lowest BCUT2D eigenvalue weighted by molar-refractivity contribution is 0.102. The highest BCUT2D eigenvalue weighted by Gasteiger charge is 2.09. The van der Waals surface area contributed by atoms with Gasteiger partial charge in [0.1, 0.15) is 0 Å². The Morgan fingerprint density at radius 3 is 2.67 bits per heavy atom. The topological polar surface area (TPSA) is 50.4 Å². The van der Waals surface area contributed by atoms with Crippen LogP contribution in [0.2, 0.25) is 0 Å². The first-order valence-corrected chi connectivity index (χ1v) is 7.39. The van der Waals surface area contributed by atoms with Gasteiger partial charge in [0.05, 0.1) is 12.2 Å². The third kappa shape index (κ3) is 4.58. The Labute approximate surface area is 132 Å². The second-order valence-corrected chi connectivity index (χ2v) is 5.29. The van der Waals surface area contributed by atoms with Gasteiger partial charge in [0.2, 0.25) is 0 Å². The van der Waals surface area contributed by atoms with Crippen molar-refractivity contribution in [2.75, 3.05) is 30.9 Å². The molecule has 0 aromatic heterocycles. The Balaban J connectivity index is 2.04. The van der Waals surface area contributed by atoms with Crippen molar-refractivity contribution in [3.05, 3.63) is 58.6 Å². The van der Waals surface area contributed by atoms with Crippen LogP contribution in [-0.2, 0) is 4.74 Å². The summed E-state index contributed by atoms with van der Waals surface area (Å²) >= 11 is 3.38. The van der Waals surface area contributed by atoms with Crippen LogP contribution < -0.4 is 10.6 Å². The molecule has 0 aliphatic heterocycles. The van der Waals surface area contributed by atoms with Gasteiger partial charge in [0, 0.05) is 29.5 Å². The summed E-state index contributed by atoms with van der Waals surface area (Å²) < 4.78 is 5.77. The summed E-state index contributed by atoms with van der Waals surface area (Å²) in [6.45, 7) is 1.35. The molecule has 2 aromatic carbocycles. The fourth-order valence-electron chi connectivity index (χ4n) is 1.85. The standard InChI is InChI=1S/C16H17BrN2O2/c1-21-10-9-18-12-5-4-6-13(11-12)19-16(20)14-7-2-3-8-15(14)17/h2-8,11,18H,9-10H2,1H3,(H,19,20). The van der Waals surface area contributed by atoms with E-state index >= 15 is 0 Å². The Morgan fingerprint density at radius 1 is 1.14 bits per heavy atom.